The van der Waals surface area contributed by atoms with Crippen molar-refractivity contribution in [2.24, 2.45) is 0 Å². The molecule has 2 aromatic carbocycles. The molecule has 1 heterocycles. The quantitative estimate of drug-likeness (QED) is 0.389. The fourth-order valence-corrected chi connectivity index (χ4v) is 2.51. The zero-order valence-corrected chi connectivity index (χ0v) is 14.7. The number of hydrogen-bond acceptors (Lipinski definition) is 6. The number of benzene rings is 2. The van der Waals surface area contributed by atoms with Crippen molar-refractivity contribution in [3.05, 3.63) is 82.0 Å². The van der Waals surface area contributed by atoms with Crippen LogP contribution in [0.1, 0.15) is 16.1 Å². The minimum Gasteiger partial charge on any atom is -0.460 e. The van der Waals surface area contributed by atoms with E-state index in [-0.39, 0.29) is 17.9 Å². The number of nitro benzene ring substituents is 1. The third-order valence-corrected chi connectivity index (χ3v) is 3.80. The molecule has 0 atom stereocenters. The first-order chi connectivity index (χ1) is 13.0. The van der Waals surface area contributed by atoms with Gasteiger partial charge in [-0.15, -0.1) is 0 Å². The monoisotopic (exact) mass is 366 g/mol. The Bertz CT molecular complexity index is 936. The second kappa shape index (κ2) is 8.13. The number of non-ortho nitro benzene ring substituents is 1. The Hall–Kier alpha value is -3.68. The molecule has 0 saturated carbocycles. The summed E-state index contributed by atoms with van der Waals surface area (Å²) in [5, 5.41) is 18.3. The number of anilines is 2. The van der Waals surface area contributed by atoms with Crippen molar-refractivity contribution in [2.45, 2.75) is 13.5 Å². The predicted octanol–water partition coefficient (Wildman–Crippen LogP) is 3.70. The first-order valence-electron chi connectivity index (χ1n) is 8.31. The van der Waals surface area contributed by atoms with Gasteiger partial charge in [-0.25, -0.2) is 9.48 Å². The van der Waals surface area contributed by atoms with Crippen LogP contribution in [0.25, 0.3) is 0 Å². The Morgan fingerprint density at radius 3 is 2.56 bits per heavy atom. The molecule has 8 nitrogen and oxygen atoms in total. The number of nitro groups is 1. The molecule has 138 valence electrons. The molecule has 3 rings (SSSR count). The van der Waals surface area contributed by atoms with Crippen molar-refractivity contribution < 1.29 is 14.5 Å². The highest BCUT2D eigenvalue weighted by atomic mass is 16.6. The van der Waals surface area contributed by atoms with E-state index in [4.69, 9.17) is 4.74 Å². The highest BCUT2D eigenvalue weighted by Crippen LogP contribution is 2.17. The van der Waals surface area contributed by atoms with E-state index in [1.165, 1.54) is 24.3 Å². The van der Waals surface area contributed by atoms with Crippen LogP contribution in [0.15, 0.2) is 60.7 Å². The molecule has 0 amide bonds. The maximum absolute atomic E-state index is 12.1. The number of nitrogens with zero attached hydrogens (tertiary/aromatic N) is 3. The fourth-order valence-electron chi connectivity index (χ4n) is 2.51. The van der Waals surface area contributed by atoms with Gasteiger partial charge >= 0.3 is 5.97 Å². The molecule has 1 aromatic heterocycles. The summed E-state index contributed by atoms with van der Waals surface area (Å²) in [7, 11) is 0. The van der Waals surface area contributed by atoms with Crippen LogP contribution in [0.2, 0.25) is 0 Å². The first kappa shape index (κ1) is 18.1. The number of rotatable bonds is 7. The lowest BCUT2D eigenvalue weighted by atomic mass is 10.2. The van der Waals surface area contributed by atoms with Gasteiger partial charge in [0.25, 0.3) is 5.69 Å². The molecule has 0 unspecified atom stereocenters. The molecule has 27 heavy (non-hydrogen) atoms. The number of hydrogen-bond donors (Lipinski definition) is 1. The third-order valence-electron chi connectivity index (χ3n) is 3.80. The van der Waals surface area contributed by atoms with Crippen molar-refractivity contribution in [3.8, 4) is 0 Å². The molecule has 0 bridgehead atoms. The third kappa shape index (κ3) is 4.69. The summed E-state index contributed by atoms with van der Waals surface area (Å²) < 4.78 is 6.98. The molecular weight excluding hydrogens is 348 g/mol. The number of nitrogens with one attached hydrogen (secondary N) is 1. The Balaban J connectivity index is 1.58. The Kier molecular flexibility index (Phi) is 5.46. The summed E-state index contributed by atoms with van der Waals surface area (Å²) >= 11 is 0. The average molecular weight is 366 g/mol. The van der Waals surface area contributed by atoms with Gasteiger partial charge in [0.15, 0.2) is 0 Å². The van der Waals surface area contributed by atoms with Crippen molar-refractivity contribution in [2.75, 3.05) is 11.9 Å². The van der Waals surface area contributed by atoms with Crippen molar-refractivity contribution in [3.63, 3.8) is 0 Å². The number of carbonyl (C=O) groups is 1. The summed E-state index contributed by atoms with van der Waals surface area (Å²) in [6.07, 6.45) is 0. The molecule has 0 aliphatic rings. The van der Waals surface area contributed by atoms with Gasteiger partial charge in [0.2, 0.25) is 0 Å². The summed E-state index contributed by atoms with van der Waals surface area (Å²) in [4.78, 5) is 22.2. The number of aromatic nitrogens is 2. The first-order valence-corrected chi connectivity index (χ1v) is 8.31. The van der Waals surface area contributed by atoms with E-state index in [1.807, 2.05) is 43.3 Å². The van der Waals surface area contributed by atoms with Crippen LogP contribution in [0, 0.1) is 17.0 Å². The summed E-state index contributed by atoms with van der Waals surface area (Å²) in [5.41, 5.74) is 1.96. The zero-order valence-electron chi connectivity index (χ0n) is 14.7. The molecular formula is C19H18N4O4. The molecule has 0 fully saturated rings. The van der Waals surface area contributed by atoms with Crippen LogP contribution in [0.3, 0.4) is 0 Å². The van der Waals surface area contributed by atoms with Gasteiger partial charge in [0.1, 0.15) is 12.4 Å². The topological polar surface area (TPSA) is 99.3 Å². The molecule has 0 aliphatic carbocycles. The van der Waals surface area contributed by atoms with Gasteiger partial charge < -0.3 is 10.1 Å². The highest BCUT2D eigenvalue weighted by Gasteiger charge is 2.11. The minimum absolute atomic E-state index is 0.0739. The van der Waals surface area contributed by atoms with Crippen molar-refractivity contribution in [1.82, 2.24) is 9.78 Å². The highest BCUT2D eigenvalue weighted by molar-refractivity contribution is 5.89. The van der Waals surface area contributed by atoms with E-state index in [9.17, 15) is 14.9 Å². The van der Waals surface area contributed by atoms with Gasteiger partial charge in [-0.2, -0.15) is 5.10 Å². The van der Waals surface area contributed by atoms with Crippen LogP contribution >= 0.6 is 0 Å². The number of esters is 1. The van der Waals surface area contributed by atoms with Crippen LogP contribution < -0.4 is 5.32 Å². The molecule has 3 aromatic rings. The summed E-state index contributed by atoms with van der Waals surface area (Å²) in [5.74, 6) is 0.261. The maximum atomic E-state index is 12.1. The molecule has 1 N–H and O–H groups in total. The van der Waals surface area contributed by atoms with Crippen LogP contribution in [-0.4, -0.2) is 27.3 Å². The van der Waals surface area contributed by atoms with Crippen LogP contribution in [0.4, 0.5) is 17.2 Å². The molecule has 0 saturated heterocycles. The van der Waals surface area contributed by atoms with Gasteiger partial charge in [0, 0.05) is 23.9 Å². The SMILES string of the molecule is Cc1cc(Nc2ccccc2)n(CCOC(=O)c2ccc([N+](=O)[O-])cc2)n1. The lowest BCUT2D eigenvalue weighted by Gasteiger charge is -2.10. The second-order valence-corrected chi connectivity index (χ2v) is 5.83. The number of aryl methyl sites for hydroxylation is 1. The van der Waals surface area contributed by atoms with E-state index in [0.29, 0.717) is 6.54 Å². The number of ether oxygens (including phenoxy) is 1. The standard InChI is InChI=1S/C19H18N4O4/c1-14-13-18(20-16-5-3-2-4-6-16)22(21-14)11-12-27-19(24)15-7-9-17(10-8-15)23(25)26/h2-10,13,20H,11-12H2,1H3. The van der Waals surface area contributed by atoms with Crippen LogP contribution in [0.5, 0.6) is 0 Å². The largest absolute Gasteiger partial charge is 0.460 e. The van der Waals surface area contributed by atoms with Gasteiger partial charge in [-0.1, -0.05) is 18.2 Å². The van der Waals surface area contributed by atoms with Crippen molar-refractivity contribution >= 4 is 23.2 Å². The Labute approximate surface area is 155 Å². The lowest BCUT2D eigenvalue weighted by Crippen LogP contribution is -2.14. The number of para-hydroxylation sites is 1. The molecule has 0 radical (unpaired) electrons. The van der Waals surface area contributed by atoms with E-state index >= 15 is 0 Å². The van der Waals surface area contributed by atoms with Gasteiger partial charge in [-0.05, 0) is 31.2 Å². The van der Waals surface area contributed by atoms with E-state index in [0.717, 1.165) is 17.2 Å². The van der Waals surface area contributed by atoms with Gasteiger partial charge in [-0.3, -0.25) is 10.1 Å². The summed E-state index contributed by atoms with van der Waals surface area (Å²) in [6, 6.07) is 16.9. The summed E-state index contributed by atoms with van der Waals surface area (Å²) in [6.45, 7) is 2.39. The normalized spacial score (nSPS) is 10.4. The predicted molar refractivity (Wildman–Crippen MR) is 100 cm³/mol. The van der Waals surface area contributed by atoms with Crippen LogP contribution in [-0.2, 0) is 11.3 Å². The fraction of sp³-hybridized carbons (Fsp3) is 0.158. The average Bonchev–Trinajstić information content (AvgIpc) is 3.01. The van der Waals surface area contributed by atoms with Gasteiger partial charge in [0.05, 0.1) is 22.7 Å². The Morgan fingerprint density at radius 2 is 1.89 bits per heavy atom. The molecule has 0 aliphatic heterocycles. The van der Waals surface area contributed by atoms with Crippen molar-refractivity contribution in [1.29, 1.82) is 0 Å². The molecule has 0 spiro atoms. The zero-order chi connectivity index (χ0) is 19.2. The lowest BCUT2D eigenvalue weighted by molar-refractivity contribution is -0.384. The van der Waals surface area contributed by atoms with E-state index in [1.54, 1.807) is 4.68 Å². The van der Waals surface area contributed by atoms with E-state index in [2.05, 4.69) is 10.4 Å². The molecule has 8 heteroatoms. The van der Waals surface area contributed by atoms with E-state index < -0.39 is 10.9 Å². The second-order valence-electron chi connectivity index (χ2n) is 5.83. The minimum atomic E-state index is -0.536. The smallest absolute Gasteiger partial charge is 0.338 e. The number of carbonyl (C=O) groups excluding carboxylic acids is 1. The Morgan fingerprint density at radius 1 is 1.19 bits per heavy atom. The maximum Gasteiger partial charge on any atom is 0.338 e.